The zero-order valence-corrected chi connectivity index (χ0v) is 18.5. The van der Waals surface area contributed by atoms with Crippen molar-refractivity contribution in [2.45, 2.75) is 56.4 Å². The second-order valence-corrected chi connectivity index (χ2v) is 10.3. The summed E-state index contributed by atoms with van der Waals surface area (Å²) >= 11 is 0. The second-order valence-electron chi connectivity index (χ2n) is 10.3. The van der Waals surface area contributed by atoms with Crippen LogP contribution in [0.5, 0.6) is 5.75 Å². The number of esters is 1. The molecule has 2 N–H and O–H groups in total. The third-order valence-corrected chi connectivity index (χ3v) is 8.10. The lowest BCUT2D eigenvalue weighted by atomic mass is 9.42. The minimum absolute atomic E-state index is 0.00100. The molecule has 0 aromatic heterocycles. The van der Waals surface area contributed by atoms with Gasteiger partial charge < -0.3 is 15.2 Å². The van der Waals surface area contributed by atoms with Crippen molar-refractivity contribution in [3.63, 3.8) is 0 Å². The molecule has 4 aliphatic rings. The Morgan fingerprint density at radius 2 is 1.69 bits per heavy atom. The molecule has 4 saturated carbocycles. The summed E-state index contributed by atoms with van der Waals surface area (Å²) in [7, 11) is 1.35. The predicted molar refractivity (Wildman–Crippen MR) is 121 cm³/mol. The number of methoxy groups -OCH3 is 1. The van der Waals surface area contributed by atoms with Gasteiger partial charge in [0, 0.05) is 6.42 Å². The lowest BCUT2D eigenvalue weighted by Gasteiger charge is -2.61. The molecule has 2 aromatic rings. The van der Waals surface area contributed by atoms with Gasteiger partial charge in [0.25, 0.3) is 0 Å². The molecule has 4 fully saturated rings. The van der Waals surface area contributed by atoms with Crippen LogP contribution in [0.15, 0.2) is 54.6 Å². The number of aromatic hydroxyl groups is 1. The van der Waals surface area contributed by atoms with Gasteiger partial charge in [-0.1, -0.05) is 42.5 Å². The van der Waals surface area contributed by atoms with Gasteiger partial charge in [-0.25, -0.2) is 4.79 Å². The van der Waals surface area contributed by atoms with E-state index in [1.807, 2.05) is 0 Å². The summed E-state index contributed by atoms with van der Waals surface area (Å²) in [5.74, 6) is 0.869. The van der Waals surface area contributed by atoms with E-state index in [0.717, 1.165) is 37.7 Å². The molecule has 168 valence electrons. The van der Waals surface area contributed by atoms with Crippen molar-refractivity contribution in [3.05, 3.63) is 65.7 Å². The van der Waals surface area contributed by atoms with Gasteiger partial charge in [0.15, 0.2) is 0 Å². The van der Waals surface area contributed by atoms with Crippen molar-refractivity contribution in [2.24, 2.45) is 17.3 Å². The maximum Gasteiger partial charge on any atom is 0.328 e. The topological polar surface area (TPSA) is 75.6 Å². The average molecular weight is 434 g/mol. The van der Waals surface area contributed by atoms with Crippen LogP contribution in [0.4, 0.5) is 0 Å². The molecule has 5 atom stereocenters. The van der Waals surface area contributed by atoms with Gasteiger partial charge in [0.05, 0.1) is 12.5 Å². The monoisotopic (exact) mass is 433 g/mol. The fraction of sp³-hybridized carbons (Fsp3) is 0.481. The number of rotatable bonds is 6. The van der Waals surface area contributed by atoms with Crippen LogP contribution in [-0.2, 0) is 26.2 Å². The molecule has 32 heavy (non-hydrogen) atoms. The number of carbonyl (C=O) groups excluding carboxylic acids is 2. The van der Waals surface area contributed by atoms with E-state index in [9.17, 15) is 14.7 Å². The lowest BCUT2D eigenvalue weighted by Crippen LogP contribution is -2.60. The number of ether oxygens (including phenoxy) is 1. The van der Waals surface area contributed by atoms with Crippen molar-refractivity contribution in [1.29, 1.82) is 0 Å². The van der Waals surface area contributed by atoms with Crippen LogP contribution >= 0.6 is 0 Å². The minimum Gasteiger partial charge on any atom is -0.508 e. The van der Waals surface area contributed by atoms with Gasteiger partial charge in [-0.05, 0) is 79.0 Å². The van der Waals surface area contributed by atoms with E-state index in [1.54, 1.807) is 24.3 Å². The molecule has 6 rings (SSSR count). The summed E-state index contributed by atoms with van der Waals surface area (Å²) in [6, 6.07) is 16.7. The van der Waals surface area contributed by atoms with Crippen LogP contribution in [0.25, 0.3) is 0 Å². The standard InChI is InChI=1S/C27H31NO4/c1-32-24(30)23(12-18-7-9-22(29)10-8-18)28-25(31)27-15-19-11-20(16-27)14-26(13-19,17-27)21-5-3-2-4-6-21/h2-10,19-20,23,29H,11-17H2,1H3,(H,28,31)/t19-,20+,23-,26?,27?/m0/s1. The first-order valence-electron chi connectivity index (χ1n) is 11.6. The average Bonchev–Trinajstić information content (AvgIpc) is 2.79. The van der Waals surface area contributed by atoms with E-state index >= 15 is 0 Å². The Morgan fingerprint density at radius 1 is 1.03 bits per heavy atom. The van der Waals surface area contributed by atoms with E-state index in [-0.39, 0.29) is 17.1 Å². The highest BCUT2D eigenvalue weighted by Crippen LogP contribution is 2.65. The highest BCUT2D eigenvalue weighted by atomic mass is 16.5. The molecule has 2 aromatic carbocycles. The number of hydrogen-bond acceptors (Lipinski definition) is 4. The summed E-state index contributed by atoms with van der Waals surface area (Å²) in [5, 5.41) is 12.6. The highest BCUT2D eigenvalue weighted by Gasteiger charge is 2.61. The van der Waals surface area contributed by atoms with Gasteiger partial charge in [-0.15, -0.1) is 0 Å². The third-order valence-electron chi connectivity index (χ3n) is 8.10. The number of carbonyl (C=O) groups is 2. The van der Waals surface area contributed by atoms with Crippen LogP contribution < -0.4 is 5.32 Å². The van der Waals surface area contributed by atoms with Crippen LogP contribution in [0.1, 0.15) is 49.7 Å². The molecular weight excluding hydrogens is 402 g/mol. The van der Waals surface area contributed by atoms with Crippen LogP contribution in [0, 0.1) is 17.3 Å². The van der Waals surface area contributed by atoms with Crippen molar-refractivity contribution < 1.29 is 19.4 Å². The largest absolute Gasteiger partial charge is 0.508 e. The van der Waals surface area contributed by atoms with Gasteiger partial charge in [0.2, 0.25) is 5.91 Å². The maximum absolute atomic E-state index is 13.8. The fourth-order valence-corrected chi connectivity index (χ4v) is 7.17. The van der Waals surface area contributed by atoms with Crippen molar-refractivity contribution in [1.82, 2.24) is 5.32 Å². The second kappa shape index (κ2) is 7.95. The van der Waals surface area contributed by atoms with Gasteiger partial charge in [-0.3, -0.25) is 4.79 Å². The Labute approximate surface area is 189 Å². The molecule has 0 heterocycles. The van der Waals surface area contributed by atoms with Gasteiger partial charge in [0.1, 0.15) is 11.8 Å². The molecule has 0 saturated heterocycles. The Bertz CT molecular complexity index is 986. The molecule has 1 amide bonds. The summed E-state index contributed by atoms with van der Waals surface area (Å²) in [6.45, 7) is 0. The van der Waals surface area contributed by atoms with E-state index in [0.29, 0.717) is 18.3 Å². The first-order valence-corrected chi connectivity index (χ1v) is 11.6. The molecule has 2 unspecified atom stereocenters. The maximum atomic E-state index is 13.8. The summed E-state index contributed by atoms with van der Waals surface area (Å²) in [4.78, 5) is 26.3. The molecule has 5 nitrogen and oxygen atoms in total. The van der Waals surface area contributed by atoms with Crippen molar-refractivity contribution >= 4 is 11.9 Å². The molecular formula is C27H31NO4. The molecule has 0 aliphatic heterocycles. The Kier molecular flexibility index (Phi) is 5.23. The molecule has 4 bridgehead atoms. The smallest absolute Gasteiger partial charge is 0.328 e. The van der Waals surface area contributed by atoms with Crippen molar-refractivity contribution in [3.8, 4) is 5.75 Å². The highest BCUT2D eigenvalue weighted by molar-refractivity contribution is 5.88. The number of hydrogen-bond donors (Lipinski definition) is 2. The molecule has 5 heteroatoms. The molecule has 4 aliphatic carbocycles. The number of benzene rings is 2. The van der Waals surface area contributed by atoms with Crippen LogP contribution in [0.2, 0.25) is 0 Å². The summed E-state index contributed by atoms with van der Waals surface area (Å²) in [6.07, 6.45) is 6.57. The number of nitrogens with one attached hydrogen (secondary N) is 1. The Balaban J connectivity index is 1.40. The first kappa shape index (κ1) is 21.0. The van der Waals surface area contributed by atoms with E-state index < -0.39 is 17.4 Å². The van der Waals surface area contributed by atoms with E-state index in [2.05, 4.69) is 35.6 Å². The SMILES string of the molecule is COC(=O)[C@H](Cc1ccc(O)cc1)NC(=O)C12C[C@H]3C[C@@H](C1)CC(c1ccccc1)(C3)C2. The van der Waals surface area contributed by atoms with Gasteiger partial charge >= 0.3 is 5.97 Å². The predicted octanol–water partition coefficient (Wildman–Crippen LogP) is 4.13. The zero-order chi connectivity index (χ0) is 22.3. The van der Waals surface area contributed by atoms with Crippen LogP contribution in [0.3, 0.4) is 0 Å². The summed E-state index contributed by atoms with van der Waals surface area (Å²) < 4.78 is 5.01. The molecule has 0 radical (unpaired) electrons. The van der Waals surface area contributed by atoms with Crippen LogP contribution in [-0.4, -0.2) is 30.1 Å². The number of phenols is 1. The molecule has 0 spiro atoms. The summed E-state index contributed by atoms with van der Waals surface area (Å²) in [5.41, 5.74) is 1.88. The Morgan fingerprint density at radius 3 is 2.31 bits per heavy atom. The van der Waals surface area contributed by atoms with Gasteiger partial charge in [-0.2, -0.15) is 0 Å². The normalized spacial score (nSPS) is 31.2. The zero-order valence-electron chi connectivity index (χ0n) is 18.5. The quantitative estimate of drug-likeness (QED) is 0.672. The minimum atomic E-state index is -0.738. The van der Waals surface area contributed by atoms with E-state index in [1.165, 1.54) is 19.1 Å². The Hall–Kier alpha value is -2.82. The van der Waals surface area contributed by atoms with Crippen molar-refractivity contribution in [2.75, 3.05) is 7.11 Å². The van der Waals surface area contributed by atoms with E-state index in [4.69, 9.17) is 4.74 Å². The third kappa shape index (κ3) is 3.68. The number of phenolic OH excluding ortho intramolecular Hbond substituents is 1. The lowest BCUT2D eigenvalue weighted by molar-refractivity contribution is -0.154. The number of amides is 1. The first-order chi connectivity index (χ1) is 15.4. The fourth-order valence-electron chi connectivity index (χ4n) is 7.17.